The number of hydrogen-bond acceptors (Lipinski definition) is 2. The van der Waals surface area contributed by atoms with Crippen molar-refractivity contribution in [3.8, 4) is 0 Å². The highest BCUT2D eigenvalue weighted by Gasteiger charge is 2.13. The molecular formula is C17H17ClFNO2. The molecule has 2 rings (SSSR count). The van der Waals surface area contributed by atoms with Crippen molar-refractivity contribution in [2.75, 3.05) is 6.54 Å². The summed E-state index contributed by atoms with van der Waals surface area (Å²) in [4.78, 5) is 11.8. The highest BCUT2D eigenvalue weighted by Crippen LogP contribution is 2.19. The van der Waals surface area contributed by atoms with Crippen molar-refractivity contribution < 1.29 is 14.3 Å². The molecule has 3 nitrogen and oxygen atoms in total. The number of carbonyl (C=O) groups is 1. The molecule has 2 N–H and O–H groups in total. The summed E-state index contributed by atoms with van der Waals surface area (Å²) in [6.45, 7) is 0.111. The van der Waals surface area contributed by atoms with E-state index in [1.165, 1.54) is 18.2 Å². The maximum atomic E-state index is 13.6. The Balaban J connectivity index is 1.83. The Labute approximate surface area is 133 Å². The predicted octanol–water partition coefficient (Wildman–Crippen LogP) is 2.74. The number of rotatable bonds is 6. The average molecular weight is 322 g/mol. The number of benzene rings is 2. The molecule has 0 aliphatic rings. The van der Waals surface area contributed by atoms with Gasteiger partial charge in [-0.3, -0.25) is 4.79 Å². The number of carbonyl (C=O) groups excluding carboxylic acids is 1. The van der Waals surface area contributed by atoms with Crippen LogP contribution in [0.25, 0.3) is 0 Å². The lowest BCUT2D eigenvalue weighted by molar-refractivity contribution is -0.120. The van der Waals surface area contributed by atoms with Crippen molar-refractivity contribution in [3.63, 3.8) is 0 Å². The summed E-state index contributed by atoms with van der Waals surface area (Å²) in [6.07, 6.45) is -0.395. The molecular weight excluding hydrogens is 305 g/mol. The van der Waals surface area contributed by atoms with E-state index in [1.807, 2.05) is 30.3 Å². The van der Waals surface area contributed by atoms with Crippen molar-refractivity contribution in [1.29, 1.82) is 0 Å². The van der Waals surface area contributed by atoms with E-state index in [0.29, 0.717) is 6.42 Å². The normalized spacial score (nSPS) is 12.0. The van der Waals surface area contributed by atoms with E-state index in [0.717, 1.165) is 5.56 Å². The van der Waals surface area contributed by atoms with E-state index in [9.17, 15) is 14.3 Å². The first-order valence-electron chi connectivity index (χ1n) is 6.98. The summed E-state index contributed by atoms with van der Waals surface area (Å²) < 4.78 is 13.6. The van der Waals surface area contributed by atoms with E-state index >= 15 is 0 Å². The van der Waals surface area contributed by atoms with Crippen molar-refractivity contribution in [2.24, 2.45) is 0 Å². The van der Waals surface area contributed by atoms with Crippen LogP contribution in [0.3, 0.4) is 0 Å². The minimum absolute atomic E-state index is 0.111. The molecule has 1 amide bonds. The van der Waals surface area contributed by atoms with Crippen LogP contribution in [-0.2, 0) is 17.6 Å². The Morgan fingerprint density at radius 1 is 1.18 bits per heavy atom. The van der Waals surface area contributed by atoms with E-state index in [-0.39, 0.29) is 29.5 Å². The number of halogens is 2. The molecule has 116 valence electrons. The second-order valence-corrected chi connectivity index (χ2v) is 5.43. The van der Waals surface area contributed by atoms with Crippen molar-refractivity contribution in [3.05, 3.63) is 70.5 Å². The van der Waals surface area contributed by atoms with E-state index in [1.54, 1.807) is 0 Å². The van der Waals surface area contributed by atoms with Crippen LogP contribution in [0, 0.1) is 5.82 Å². The van der Waals surface area contributed by atoms with Gasteiger partial charge in [0.15, 0.2) is 0 Å². The van der Waals surface area contributed by atoms with E-state index in [4.69, 9.17) is 11.6 Å². The van der Waals surface area contributed by atoms with Crippen LogP contribution in [0.4, 0.5) is 4.39 Å². The van der Waals surface area contributed by atoms with Gasteiger partial charge in [-0.15, -0.1) is 0 Å². The molecule has 0 spiro atoms. The maximum Gasteiger partial charge on any atom is 0.224 e. The minimum Gasteiger partial charge on any atom is -0.391 e. The highest BCUT2D eigenvalue weighted by atomic mass is 35.5. The third kappa shape index (κ3) is 4.83. The molecule has 1 unspecified atom stereocenters. The maximum absolute atomic E-state index is 13.6. The lowest BCUT2D eigenvalue weighted by Crippen LogP contribution is -2.34. The van der Waals surface area contributed by atoms with Crippen LogP contribution < -0.4 is 5.32 Å². The zero-order chi connectivity index (χ0) is 15.9. The molecule has 22 heavy (non-hydrogen) atoms. The Morgan fingerprint density at radius 3 is 2.59 bits per heavy atom. The highest BCUT2D eigenvalue weighted by molar-refractivity contribution is 6.31. The van der Waals surface area contributed by atoms with Crippen molar-refractivity contribution >= 4 is 17.5 Å². The topological polar surface area (TPSA) is 49.3 Å². The van der Waals surface area contributed by atoms with Crippen molar-refractivity contribution in [1.82, 2.24) is 5.32 Å². The molecule has 0 aliphatic heterocycles. The second-order valence-electron chi connectivity index (χ2n) is 5.02. The molecule has 2 aromatic rings. The third-order valence-electron chi connectivity index (χ3n) is 3.25. The molecule has 1 atom stereocenters. The van der Waals surface area contributed by atoms with Gasteiger partial charge in [0.25, 0.3) is 0 Å². The van der Waals surface area contributed by atoms with Crippen molar-refractivity contribution in [2.45, 2.75) is 18.9 Å². The molecule has 0 radical (unpaired) electrons. The average Bonchev–Trinajstić information content (AvgIpc) is 2.50. The lowest BCUT2D eigenvalue weighted by atomic mass is 10.1. The number of aliphatic hydroxyl groups is 1. The molecule has 0 fully saturated rings. The van der Waals surface area contributed by atoms with Crippen LogP contribution >= 0.6 is 11.6 Å². The van der Waals surface area contributed by atoms with Crippen LogP contribution in [-0.4, -0.2) is 23.7 Å². The van der Waals surface area contributed by atoms with Crippen LogP contribution in [0.2, 0.25) is 5.02 Å². The molecule has 0 aliphatic carbocycles. The number of amides is 1. The lowest BCUT2D eigenvalue weighted by Gasteiger charge is -2.12. The fourth-order valence-corrected chi connectivity index (χ4v) is 2.34. The number of hydrogen-bond donors (Lipinski definition) is 2. The van der Waals surface area contributed by atoms with Gasteiger partial charge in [-0.1, -0.05) is 48.0 Å². The minimum atomic E-state index is -0.692. The SMILES string of the molecule is O=C(Cc1c(F)cccc1Cl)NCC(O)Cc1ccccc1. The largest absolute Gasteiger partial charge is 0.391 e. The van der Waals surface area contributed by atoms with Gasteiger partial charge in [-0.25, -0.2) is 4.39 Å². The summed E-state index contributed by atoms with van der Waals surface area (Å²) in [5.41, 5.74) is 1.15. The first-order chi connectivity index (χ1) is 10.6. The Kier molecular flexibility index (Phi) is 5.92. The van der Waals surface area contributed by atoms with Crippen LogP contribution in [0.1, 0.15) is 11.1 Å². The molecule has 0 heterocycles. The fraction of sp³-hybridized carbons (Fsp3) is 0.235. The standard InChI is InChI=1S/C17H17ClFNO2/c18-15-7-4-8-16(19)14(15)10-17(22)20-11-13(21)9-12-5-2-1-3-6-12/h1-8,13,21H,9-11H2,(H,20,22). The molecule has 2 aromatic carbocycles. The molecule has 0 aromatic heterocycles. The first kappa shape index (κ1) is 16.5. The van der Waals surface area contributed by atoms with Gasteiger partial charge in [0.1, 0.15) is 5.82 Å². The summed E-state index contributed by atoms with van der Waals surface area (Å²) in [5.74, 6) is -0.883. The van der Waals surface area contributed by atoms with Gasteiger partial charge >= 0.3 is 0 Å². The van der Waals surface area contributed by atoms with Gasteiger partial charge in [0, 0.05) is 23.6 Å². The zero-order valence-corrected chi connectivity index (χ0v) is 12.7. The Bertz CT molecular complexity index is 614. The quantitative estimate of drug-likeness (QED) is 0.859. The second kappa shape index (κ2) is 7.92. The molecule has 5 heteroatoms. The van der Waals surface area contributed by atoms with Crippen LogP contribution in [0.5, 0.6) is 0 Å². The van der Waals surface area contributed by atoms with Gasteiger partial charge in [0.2, 0.25) is 5.91 Å². The fourth-order valence-electron chi connectivity index (χ4n) is 2.11. The smallest absolute Gasteiger partial charge is 0.224 e. The molecule has 0 saturated heterocycles. The van der Waals surface area contributed by atoms with E-state index in [2.05, 4.69) is 5.32 Å². The Hall–Kier alpha value is -1.91. The summed E-state index contributed by atoms with van der Waals surface area (Å²) in [7, 11) is 0. The molecule has 0 saturated carbocycles. The molecule has 0 bridgehead atoms. The first-order valence-corrected chi connectivity index (χ1v) is 7.35. The number of nitrogens with one attached hydrogen (secondary N) is 1. The van der Waals surface area contributed by atoms with Crippen LogP contribution in [0.15, 0.2) is 48.5 Å². The van der Waals surface area contributed by atoms with E-state index < -0.39 is 11.9 Å². The monoisotopic (exact) mass is 321 g/mol. The van der Waals surface area contributed by atoms with Gasteiger partial charge < -0.3 is 10.4 Å². The third-order valence-corrected chi connectivity index (χ3v) is 3.60. The summed E-state index contributed by atoms with van der Waals surface area (Å²) >= 11 is 5.87. The van der Waals surface area contributed by atoms with Gasteiger partial charge in [-0.05, 0) is 17.7 Å². The number of aliphatic hydroxyl groups excluding tert-OH is 1. The van der Waals surface area contributed by atoms with Gasteiger partial charge in [-0.2, -0.15) is 0 Å². The predicted molar refractivity (Wildman–Crippen MR) is 84.3 cm³/mol. The Morgan fingerprint density at radius 2 is 1.91 bits per heavy atom. The summed E-state index contributed by atoms with van der Waals surface area (Å²) in [5, 5.41) is 12.7. The summed E-state index contributed by atoms with van der Waals surface area (Å²) in [6, 6.07) is 13.8. The zero-order valence-electron chi connectivity index (χ0n) is 11.9. The van der Waals surface area contributed by atoms with Gasteiger partial charge in [0.05, 0.1) is 12.5 Å².